The first kappa shape index (κ1) is 14.2. The fourth-order valence-corrected chi connectivity index (χ4v) is 1.99. The first-order valence-corrected chi connectivity index (χ1v) is 6.69. The fourth-order valence-electron chi connectivity index (χ4n) is 1.99. The summed E-state index contributed by atoms with van der Waals surface area (Å²) in [6, 6.07) is 8.16. The van der Waals surface area contributed by atoms with E-state index in [9.17, 15) is 4.79 Å². The van der Waals surface area contributed by atoms with Crippen molar-refractivity contribution in [2.75, 3.05) is 0 Å². The van der Waals surface area contributed by atoms with Gasteiger partial charge in [0.25, 0.3) is 0 Å². The van der Waals surface area contributed by atoms with Crippen LogP contribution in [0.4, 0.5) is 0 Å². The van der Waals surface area contributed by atoms with Gasteiger partial charge in [-0.05, 0) is 11.5 Å². The number of carboxylic acid groups (broad SMARTS) is 1. The van der Waals surface area contributed by atoms with E-state index in [0.717, 1.165) is 5.56 Å². The minimum Gasteiger partial charge on any atom is -0.481 e. The van der Waals surface area contributed by atoms with Crippen molar-refractivity contribution in [3.05, 3.63) is 35.7 Å². The first-order chi connectivity index (χ1) is 9.47. The molecule has 1 aromatic heterocycles. The third-order valence-corrected chi connectivity index (χ3v) is 3.25. The van der Waals surface area contributed by atoms with Gasteiger partial charge in [0.15, 0.2) is 5.82 Å². The van der Waals surface area contributed by atoms with Gasteiger partial charge >= 0.3 is 5.97 Å². The Morgan fingerprint density at radius 2 is 1.95 bits per heavy atom. The van der Waals surface area contributed by atoms with Gasteiger partial charge in [-0.2, -0.15) is 5.10 Å². The van der Waals surface area contributed by atoms with Crippen molar-refractivity contribution < 1.29 is 9.90 Å². The highest BCUT2D eigenvalue weighted by Gasteiger charge is 2.11. The molecule has 106 valence electrons. The van der Waals surface area contributed by atoms with Crippen LogP contribution in [-0.2, 0) is 18.3 Å². The summed E-state index contributed by atoms with van der Waals surface area (Å²) in [5, 5.41) is 13.1. The number of aryl methyl sites for hydroxylation is 2. The molecule has 5 heteroatoms. The molecule has 0 unspecified atom stereocenters. The van der Waals surface area contributed by atoms with E-state index in [1.807, 2.05) is 12.1 Å². The molecule has 0 saturated heterocycles. The van der Waals surface area contributed by atoms with Crippen LogP contribution in [0.1, 0.15) is 37.6 Å². The number of nitrogens with zero attached hydrogens (tertiary/aromatic N) is 3. The molecule has 1 aromatic carbocycles. The Morgan fingerprint density at radius 1 is 1.30 bits per heavy atom. The summed E-state index contributed by atoms with van der Waals surface area (Å²) in [5.41, 5.74) is 2.22. The highest BCUT2D eigenvalue weighted by atomic mass is 16.4. The van der Waals surface area contributed by atoms with E-state index in [0.29, 0.717) is 24.0 Å². The van der Waals surface area contributed by atoms with E-state index in [1.165, 1.54) is 5.56 Å². The van der Waals surface area contributed by atoms with Crippen LogP contribution in [0.25, 0.3) is 11.4 Å². The SMILES string of the molecule is CC(C)c1ccc(-c2nc(CCC(=O)O)n(C)n2)cc1. The second-order valence-electron chi connectivity index (χ2n) is 5.15. The van der Waals surface area contributed by atoms with Gasteiger partial charge < -0.3 is 5.11 Å². The van der Waals surface area contributed by atoms with Crippen LogP contribution in [0.5, 0.6) is 0 Å². The zero-order chi connectivity index (χ0) is 14.7. The monoisotopic (exact) mass is 273 g/mol. The molecule has 0 aliphatic carbocycles. The van der Waals surface area contributed by atoms with E-state index in [2.05, 4.69) is 36.1 Å². The number of carbonyl (C=O) groups is 1. The molecule has 2 aromatic rings. The number of benzene rings is 1. The largest absolute Gasteiger partial charge is 0.481 e. The molecule has 2 rings (SSSR count). The van der Waals surface area contributed by atoms with Gasteiger partial charge in [0.1, 0.15) is 5.82 Å². The van der Waals surface area contributed by atoms with Gasteiger partial charge in [-0.25, -0.2) is 4.98 Å². The standard InChI is InChI=1S/C15H19N3O2/c1-10(2)11-4-6-12(7-5-11)15-16-13(18(3)17-15)8-9-14(19)20/h4-7,10H,8-9H2,1-3H3,(H,19,20). The van der Waals surface area contributed by atoms with Crippen LogP contribution in [0.15, 0.2) is 24.3 Å². The normalized spacial score (nSPS) is 11.0. The topological polar surface area (TPSA) is 68.0 Å². The Hall–Kier alpha value is -2.17. The minimum atomic E-state index is -0.823. The summed E-state index contributed by atoms with van der Waals surface area (Å²) in [6.45, 7) is 4.30. The zero-order valence-corrected chi connectivity index (χ0v) is 12.0. The fraction of sp³-hybridized carbons (Fsp3) is 0.400. The zero-order valence-electron chi connectivity index (χ0n) is 12.0. The van der Waals surface area contributed by atoms with E-state index >= 15 is 0 Å². The van der Waals surface area contributed by atoms with E-state index in [4.69, 9.17) is 5.11 Å². The van der Waals surface area contributed by atoms with Crippen molar-refractivity contribution in [1.82, 2.24) is 14.8 Å². The Bertz CT molecular complexity index is 600. The molecule has 1 N–H and O–H groups in total. The maximum atomic E-state index is 10.6. The number of hydrogen-bond acceptors (Lipinski definition) is 3. The van der Waals surface area contributed by atoms with Crippen LogP contribution in [-0.4, -0.2) is 25.8 Å². The smallest absolute Gasteiger partial charge is 0.303 e. The Morgan fingerprint density at radius 3 is 2.50 bits per heavy atom. The van der Waals surface area contributed by atoms with Crippen LogP contribution >= 0.6 is 0 Å². The quantitative estimate of drug-likeness (QED) is 0.909. The lowest BCUT2D eigenvalue weighted by Crippen LogP contribution is -2.03. The molecule has 5 nitrogen and oxygen atoms in total. The van der Waals surface area contributed by atoms with Crippen molar-refractivity contribution in [3.8, 4) is 11.4 Å². The van der Waals surface area contributed by atoms with Crippen LogP contribution in [0, 0.1) is 0 Å². The maximum Gasteiger partial charge on any atom is 0.303 e. The Labute approximate surface area is 118 Å². The second-order valence-corrected chi connectivity index (χ2v) is 5.15. The lowest BCUT2D eigenvalue weighted by atomic mass is 10.0. The van der Waals surface area contributed by atoms with Crippen molar-refractivity contribution in [1.29, 1.82) is 0 Å². The number of aliphatic carboxylic acids is 1. The third kappa shape index (κ3) is 3.23. The molecule has 0 saturated carbocycles. The number of rotatable bonds is 5. The van der Waals surface area contributed by atoms with E-state index in [-0.39, 0.29) is 6.42 Å². The van der Waals surface area contributed by atoms with Gasteiger partial charge in [0, 0.05) is 19.0 Å². The molecule has 0 radical (unpaired) electrons. The molecule has 0 aliphatic heterocycles. The summed E-state index contributed by atoms with van der Waals surface area (Å²) in [4.78, 5) is 15.0. The Kier molecular flexibility index (Phi) is 4.17. The molecule has 0 aliphatic rings. The molecule has 0 bridgehead atoms. The highest BCUT2D eigenvalue weighted by Crippen LogP contribution is 2.20. The molecule has 0 fully saturated rings. The van der Waals surface area contributed by atoms with Crippen LogP contribution in [0.3, 0.4) is 0 Å². The summed E-state index contributed by atoms with van der Waals surface area (Å²) < 4.78 is 1.65. The number of aromatic nitrogens is 3. The van der Waals surface area contributed by atoms with Crippen molar-refractivity contribution in [2.24, 2.45) is 7.05 Å². The van der Waals surface area contributed by atoms with Crippen LogP contribution in [0.2, 0.25) is 0 Å². The predicted molar refractivity (Wildman–Crippen MR) is 76.5 cm³/mol. The van der Waals surface area contributed by atoms with Crippen molar-refractivity contribution in [3.63, 3.8) is 0 Å². The molecule has 0 amide bonds. The summed E-state index contributed by atoms with van der Waals surface area (Å²) in [6.07, 6.45) is 0.459. The van der Waals surface area contributed by atoms with Crippen molar-refractivity contribution in [2.45, 2.75) is 32.6 Å². The number of hydrogen-bond donors (Lipinski definition) is 1. The molecular formula is C15H19N3O2. The van der Waals surface area contributed by atoms with Gasteiger partial charge in [-0.1, -0.05) is 38.1 Å². The van der Waals surface area contributed by atoms with E-state index < -0.39 is 5.97 Å². The summed E-state index contributed by atoms with van der Waals surface area (Å²) in [7, 11) is 1.79. The predicted octanol–water partition coefficient (Wildman–Crippen LogP) is 2.62. The summed E-state index contributed by atoms with van der Waals surface area (Å²) in [5.74, 6) is 1.00. The second kappa shape index (κ2) is 5.86. The highest BCUT2D eigenvalue weighted by molar-refractivity contribution is 5.67. The van der Waals surface area contributed by atoms with Gasteiger partial charge in [-0.3, -0.25) is 9.48 Å². The van der Waals surface area contributed by atoms with Crippen molar-refractivity contribution >= 4 is 5.97 Å². The Balaban J connectivity index is 2.20. The molecular weight excluding hydrogens is 254 g/mol. The minimum absolute atomic E-state index is 0.0677. The lowest BCUT2D eigenvalue weighted by Gasteiger charge is -2.04. The maximum absolute atomic E-state index is 10.6. The summed E-state index contributed by atoms with van der Waals surface area (Å²) >= 11 is 0. The first-order valence-electron chi connectivity index (χ1n) is 6.69. The van der Waals surface area contributed by atoms with Gasteiger partial charge in [0.05, 0.1) is 6.42 Å². The van der Waals surface area contributed by atoms with E-state index in [1.54, 1.807) is 11.7 Å². The van der Waals surface area contributed by atoms with Gasteiger partial charge in [0.2, 0.25) is 0 Å². The molecule has 0 spiro atoms. The molecule has 0 atom stereocenters. The average Bonchev–Trinajstić information content (AvgIpc) is 2.78. The van der Waals surface area contributed by atoms with Crippen LogP contribution < -0.4 is 0 Å². The lowest BCUT2D eigenvalue weighted by molar-refractivity contribution is -0.137. The molecule has 1 heterocycles. The third-order valence-electron chi connectivity index (χ3n) is 3.25. The molecule has 20 heavy (non-hydrogen) atoms. The van der Waals surface area contributed by atoms with Gasteiger partial charge in [-0.15, -0.1) is 0 Å². The average molecular weight is 273 g/mol. The number of carboxylic acids is 1.